The van der Waals surface area contributed by atoms with E-state index in [4.69, 9.17) is 5.73 Å². The molecule has 0 atom stereocenters. The van der Waals surface area contributed by atoms with E-state index in [2.05, 4.69) is 22.5 Å². The van der Waals surface area contributed by atoms with Crippen molar-refractivity contribution in [3.63, 3.8) is 0 Å². The van der Waals surface area contributed by atoms with E-state index in [-0.39, 0.29) is 6.54 Å². The molecule has 0 saturated heterocycles. The van der Waals surface area contributed by atoms with Crippen LogP contribution in [0.2, 0.25) is 0 Å². The Bertz CT molecular complexity index is 507. The smallest absolute Gasteiger partial charge is 0.239 e. The Labute approximate surface area is 106 Å². The molecule has 0 spiro atoms. The molecule has 5 heteroatoms. The third kappa shape index (κ3) is 3.62. The lowest BCUT2D eigenvalue weighted by Gasteiger charge is -2.03. The minimum atomic E-state index is -0.395. The second-order valence-corrected chi connectivity index (χ2v) is 4.06. The highest BCUT2D eigenvalue weighted by Gasteiger charge is 2.00. The minimum Gasteiger partial charge on any atom is -0.382 e. The van der Waals surface area contributed by atoms with Gasteiger partial charge in [-0.3, -0.25) is 9.48 Å². The summed E-state index contributed by atoms with van der Waals surface area (Å²) in [5, 5.41) is 7.29. The lowest BCUT2D eigenvalue weighted by atomic mass is 10.1. The molecule has 1 amide bonds. The molecule has 0 aliphatic rings. The van der Waals surface area contributed by atoms with E-state index in [1.165, 1.54) is 10.2 Å². The lowest BCUT2D eigenvalue weighted by molar-refractivity contribution is -0.118. The second kappa shape index (κ2) is 5.86. The fourth-order valence-electron chi connectivity index (χ4n) is 1.70. The molecule has 0 unspecified atom stereocenters. The lowest BCUT2D eigenvalue weighted by Crippen LogP contribution is -2.18. The number of carbonyl (C=O) groups is 1. The fourth-order valence-corrected chi connectivity index (χ4v) is 1.70. The molecule has 1 heterocycles. The van der Waals surface area contributed by atoms with Crippen molar-refractivity contribution in [2.75, 3.05) is 11.9 Å². The summed E-state index contributed by atoms with van der Waals surface area (Å²) in [4.78, 5) is 10.7. The highest BCUT2D eigenvalue weighted by atomic mass is 16.1. The average Bonchev–Trinajstić information content (AvgIpc) is 2.77. The van der Waals surface area contributed by atoms with Crippen LogP contribution in [0.4, 0.5) is 5.69 Å². The van der Waals surface area contributed by atoms with Crippen LogP contribution in [0.25, 0.3) is 0 Å². The van der Waals surface area contributed by atoms with Gasteiger partial charge in [0, 0.05) is 12.7 Å². The van der Waals surface area contributed by atoms with E-state index in [0.717, 1.165) is 18.7 Å². The van der Waals surface area contributed by atoms with Gasteiger partial charge >= 0.3 is 0 Å². The van der Waals surface area contributed by atoms with Gasteiger partial charge in [-0.2, -0.15) is 5.10 Å². The first-order valence-electron chi connectivity index (χ1n) is 5.82. The van der Waals surface area contributed by atoms with Crippen LogP contribution in [0.5, 0.6) is 0 Å². The summed E-state index contributed by atoms with van der Waals surface area (Å²) in [6.45, 7) is 0.937. The Morgan fingerprint density at radius 3 is 2.83 bits per heavy atom. The molecule has 2 rings (SSSR count). The predicted molar refractivity (Wildman–Crippen MR) is 70.1 cm³/mol. The maximum absolute atomic E-state index is 10.7. The van der Waals surface area contributed by atoms with Crippen molar-refractivity contribution in [3.05, 3.63) is 48.3 Å². The molecular formula is C13H16N4O. The van der Waals surface area contributed by atoms with E-state index in [1.54, 1.807) is 12.4 Å². The summed E-state index contributed by atoms with van der Waals surface area (Å²) in [5.74, 6) is -0.395. The van der Waals surface area contributed by atoms with Crippen LogP contribution >= 0.6 is 0 Å². The molecule has 0 fully saturated rings. The first-order valence-corrected chi connectivity index (χ1v) is 5.82. The maximum Gasteiger partial charge on any atom is 0.239 e. The predicted octanol–water partition coefficient (Wildman–Crippen LogP) is 1.02. The number of nitrogens with two attached hydrogens (primary N) is 1. The molecule has 0 radical (unpaired) electrons. The Balaban J connectivity index is 1.80. The zero-order valence-electron chi connectivity index (χ0n) is 10.0. The first kappa shape index (κ1) is 12.2. The number of carbonyl (C=O) groups excluding carboxylic acids is 1. The Morgan fingerprint density at radius 1 is 1.33 bits per heavy atom. The summed E-state index contributed by atoms with van der Waals surface area (Å²) in [6.07, 6.45) is 4.41. The van der Waals surface area contributed by atoms with Crippen molar-refractivity contribution in [1.82, 2.24) is 9.78 Å². The Kier molecular flexibility index (Phi) is 3.96. The summed E-state index contributed by atoms with van der Waals surface area (Å²) in [5.41, 5.74) is 7.27. The molecule has 18 heavy (non-hydrogen) atoms. The number of hydrogen-bond acceptors (Lipinski definition) is 3. The van der Waals surface area contributed by atoms with Gasteiger partial charge in [0.1, 0.15) is 6.54 Å². The van der Waals surface area contributed by atoms with Gasteiger partial charge in [-0.15, -0.1) is 0 Å². The van der Waals surface area contributed by atoms with E-state index in [0.29, 0.717) is 0 Å². The van der Waals surface area contributed by atoms with Crippen LogP contribution in [-0.4, -0.2) is 22.2 Å². The first-order chi connectivity index (χ1) is 8.74. The van der Waals surface area contributed by atoms with Crippen molar-refractivity contribution in [3.8, 4) is 0 Å². The number of amides is 1. The molecule has 2 aromatic rings. The van der Waals surface area contributed by atoms with Crippen molar-refractivity contribution < 1.29 is 4.79 Å². The number of nitrogens with zero attached hydrogens (tertiary/aromatic N) is 2. The molecule has 1 aromatic heterocycles. The van der Waals surface area contributed by atoms with Gasteiger partial charge in [0.25, 0.3) is 0 Å². The third-order valence-corrected chi connectivity index (χ3v) is 2.54. The second-order valence-electron chi connectivity index (χ2n) is 4.06. The molecular weight excluding hydrogens is 228 g/mol. The van der Waals surface area contributed by atoms with Gasteiger partial charge in [0.05, 0.1) is 11.9 Å². The SMILES string of the molecule is NC(=O)Cn1cc(NCCc2ccccc2)cn1. The zero-order chi connectivity index (χ0) is 12.8. The highest BCUT2D eigenvalue weighted by molar-refractivity contribution is 5.73. The number of hydrogen-bond donors (Lipinski definition) is 2. The molecule has 3 N–H and O–H groups in total. The monoisotopic (exact) mass is 244 g/mol. The zero-order valence-corrected chi connectivity index (χ0v) is 10.0. The number of primary amides is 1. The van der Waals surface area contributed by atoms with Crippen LogP contribution < -0.4 is 11.1 Å². The van der Waals surface area contributed by atoms with Gasteiger partial charge in [0.15, 0.2) is 0 Å². The number of aromatic nitrogens is 2. The largest absolute Gasteiger partial charge is 0.382 e. The molecule has 94 valence electrons. The summed E-state index contributed by atoms with van der Waals surface area (Å²) in [6, 6.07) is 10.3. The van der Waals surface area contributed by atoms with Gasteiger partial charge in [0.2, 0.25) is 5.91 Å². The van der Waals surface area contributed by atoms with Crippen molar-refractivity contribution in [2.45, 2.75) is 13.0 Å². The summed E-state index contributed by atoms with van der Waals surface area (Å²) < 4.78 is 1.52. The van der Waals surface area contributed by atoms with Crippen molar-refractivity contribution >= 4 is 11.6 Å². The van der Waals surface area contributed by atoms with Gasteiger partial charge in [-0.25, -0.2) is 0 Å². The number of nitrogens with one attached hydrogen (secondary N) is 1. The molecule has 0 aliphatic carbocycles. The maximum atomic E-state index is 10.7. The molecule has 0 bridgehead atoms. The topological polar surface area (TPSA) is 72.9 Å². The normalized spacial score (nSPS) is 10.2. The minimum absolute atomic E-state index is 0.111. The standard InChI is InChI=1S/C13H16N4O/c14-13(18)10-17-9-12(8-16-17)15-7-6-11-4-2-1-3-5-11/h1-5,8-9,15H,6-7,10H2,(H2,14,18). The Morgan fingerprint density at radius 2 is 2.11 bits per heavy atom. The third-order valence-electron chi connectivity index (χ3n) is 2.54. The van der Waals surface area contributed by atoms with Crippen LogP contribution in [-0.2, 0) is 17.8 Å². The molecule has 0 aliphatic heterocycles. The summed E-state index contributed by atoms with van der Waals surface area (Å²) in [7, 11) is 0. The van der Waals surface area contributed by atoms with E-state index >= 15 is 0 Å². The molecule has 5 nitrogen and oxygen atoms in total. The number of benzene rings is 1. The van der Waals surface area contributed by atoms with Crippen molar-refractivity contribution in [2.24, 2.45) is 5.73 Å². The van der Waals surface area contributed by atoms with E-state index < -0.39 is 5.91 Å². The van der Waals surface area contributed by atoms with Crippen LogP contribution in [0.3, 0.4) is 0 Å². The van der Waals surface area contributed by atoms with Crippen LogP contribution in [0, 0.1) is 0 Å². The number of anilines is 1. The highest BCUT2D eigenvalue weighted by Crippen LogP contribution is 2.05. The van der Waals surface area contributed by atoms with E-state index in [1.807, 2.05) is 18.2 Å². The van der Waals surface area contributed by atoms with Gasteiger partial charge < -0.3 is 11.1 Å². The van der Waals surface area contributed by atoms with Crippen LogP contribution in [0.1, 0.15) is 5.56 Å². The Hall–Kier alpha value is -2.30. The van der Waals surface area contributed by atoms with Gasteiger partial charge in [-0.05, 0) is 12.0 Å². The van der Waals surface area contributed by atoms with Crippen molar-refractivity contribution in [1.29, 1.82) is 0 Å². The quantitative estimate of drug-likeness (QED) is 0.797. The molecule has 1 aromatic carbocycles. The van der Waals surface area contributed by atoms with Gasteiger partial charge in [-0.1, -0.05) is 30.3 Å². The average molecular weight is 244 g/mol. The molecule has 0 saturated carbocycles. The van der Waals surface area contributed by atoms with E-state index in [9.17, 15) is 4.79 Å². The summed E-state index contributed by atoms with van der Waals surface area (Å²) >= 11 is 0. The number of rotatable bonds is 6. The van der Waals surface area contributed by atoms with Crippen LogP contribution in [0.15, 0.2) is 42.7 Å². The fraction of sp³-hybridized carbons (Fsp3) is 0.231.